The Hall–Kier alpha value is -0.490. The molecule has 1 fully saturated rings. The molecule has 1 aromatic heterocycles. The number of aromatic nitrogens is 1. The average Bonchev–Trinajstić information content (AvgIpc) is 2.85. The molecule has 1 aliphatic rings. The molecule has 0 aliphatic heterocycles. The third-order valence-electron chi connectivity index (χ3n) is 2.74. The molecule has 90 valence electrons. The van der Waals surface area contributed by atoms with Crippen LogP contribution in [-0.2, 0) is 21.4 Å². The minimum Gasteiger partial charge on any atom is -0.382 e. The lowest BCUT2D eigenvalue weighted by atomic mass is 10.2. The van der Waals surface area contributed by atoms with Crippen molar-refractivity contribution in [2.45, 2.75) is 24.8 Å². The molecule has 1 saturated carbocycles. The van der Waals surface area contributed by atoms with Gasteiger partial charge >= 0.3 is 0 Å². The highest BCUT2D eigenvalue weighted by molar-refractivity contribution is 7.09. The molecule has 1 aromatic rings. The van der Waals surface area contributed by atoms with Crippen molar-refractivity contribution in [1.82, 2.24) is 4.98 Å². The highest BCUT2D eigenvalue weighted by atomic mass is 32.1. The fourth-order valence-corrected chi connectivity index (χ4v) is 2.34. The van der Waals surface area contributed by atoms with Gasteiger partial charge in [0.15, 0.2) is 0 Å². The number of methoxy groups -OCH3 is 1. The van der Waals surface area contributed by atoms with Crippen LogP contribution in [0.5, 0.6) is 0 Å². The summed E-state index contributed by atoms with van der Waals surface area (Å²) in [6, 6.07) is 0. The quantitative estimate of drug-likeness (QED) is 0.732. The molecule has 0 unspecified atom stereocenters. The Morgan fingerprint density at radius 2 is 2.25 bits per heavy atom. The summed E-state index contributed by atoms with van der Waals surface area (Å²) in [6.07, 6.45) is 3.01. The molecule has 1 heterocycles. The van der Waals surface area contributed by atoms with Gasteiger partial charge < -0.3 is 15.2 Å². The van der Waals surface area contributed by atoms with Crippen LogP contribution >= 0.6 is 11.3 Å². The van der Waals surface area contributed by atoms with Crippen molar-refractivity contribution in [2.75, 3.05) is 26.9 Å². The molecular formula is C11H18N2O2S. The molecule has 0 spiro atoms. The van der Waals surface area contributed by atoms with Crippen LogP contribution in [0.25, 0.3) is 0 Å². The van der Waals surface area contributed by atoms with E-state index in [0.29, 0.717) is 19.8 Å². The first-order valence-corrected chi connectivity index (χ1v) is 6.43. The first-order valence-electron chi connectivity index (χ1n) is 5.55. The molecule has 2 rings (SSSR count). The number of hydrogen-bond donors (Lipinski definition) is 1. The van der Waals surface area contributed by atoms with E-state index in [1.54, 1.807) is 18.4 Å². The van der Waals surface area contributed by atoms with Gasteiger partial charge in [-0.2, -0.15) is 0 Å². The van der Waals surface area contributed by atoms with E-state index in [4.69, 9.17) is 15.2 Å². The minimum absolute atomic E-state index is 0.105. The van der Waals surface area contributed by atoms with E-state index in [0.717, 1.165) is 30.0 Å². The van der Waals surface area contributed by atoms with Gasteiger partial charge in [0.25, 0.3) is 0 Å². The summed E-state index contributed by atoms with van der Waals surface area (Å²) in [5.74, 6) is 0. The van der Waals surface area contributed by atoms with Gasteiger partial charge in [-0.3, -0.25) is 0 Å². The van der Waals surface area contributed by atoms with Crippen LogP contribution in [-0.4, -0.2) is 31.9 Å². The van der Waals surface area contributed by atoms with Crippen molar-refractivity contribution < 1.29 is 9.47 Å². The summed E-state index contributed by atoms with van der Waals surface area (Å²) in [6.45, 7) is 2.00. The molecule has 16 heavy (non-hydrogen) atoms. The van der Waals surface area contributed by atoms with Gasteiger partial charge in [-0.25, -0.2) is 4.98 Å². The van der Waals surface area contributed by atoms with E-state index in [9.17, 15) is 0 Å². The summed E-state index contributed by atoms with van der Waals surface area (Å²) >= 11 is 1.68. The lowest BCUT2D eigenvalue weighted by molar-refractivity contribution is 0.0722. The van der Waals surface area contributed by atoms with Crippen molar-refractivity contribution in [3.63, 3.8) is 0 Å². The van der Waals surface area contributed by atoms with Gasteiger partial charge in [-0.15, -0.1) is 11.3 Å². The zero-order valence-corrected chi connectivity index (χ0v) is 10.4. The lowest BCUT2D eigenvalue weighted by Gasteiger charge is -2.03. The number of ether oxygens (including phenoxy) is 2. The molecule has 4 nitrogen and oxygen atoms in total. The molecule has 0 bridgehead atoms. The highest BCUT2D eigenvalue weighted by Crippen LogP contribution is 2.42. The summed E-state index contributed by atoms with van der Waals surface area (Å²) in [5, 5.41) is 3.20. The Morgan fingerprint density at radius 1 is 1.44 bits per heavy atom. The number of thiazole rings is 1. The Balaban J connectivity index is 1.71. The van der Waals surface area contributed by atoms with Crippen LogP contribution in [0, 0.1) is 0 Å². The van der Waals surface area contributed by atoms with E-state index >= 15 is 0 Å². The number of rotatable bonds is 7. The van der Waals surface area contributed by atoms with Crippen LogP contribution in [0.3, 0.4) is 0 Å². The Labute approximate surface area is 99.8 Å². The van der Waals surface area contributed by atoms with E-state index in [2.05, 4.69) is 10.4 Å². The first-order chi connectivity index (χ1) is 7.74. The Kier molecular flexibility index (Phi) is 3.91. The normalized spacial score (nSPS) is 17.6. The summed E-state index contributed by atoms with van der Waals surface area (Å²) < 4.78 is 10.3. The second-order valence-corrected chi connectivity index (χ2v) is 5.08. The molecule has 0 amide bonds. The standard InChI is InChI=1S/C11H18N2O2S/c1-14-6-7-15-5-2-10-13-9(8-16-10)11(12)3-4-11/h8H,2-7,12H2,1H3. The molecule has 5 heteroatoms. The van der Waals surface area contributed by atoms with Gasteiger partial charge in [0, 0.05) is 18.9 Å². The fraction of sp³-hybridized carbons (Fsp3) is 0.727. The van der Waals surface area contributed by atoms with Crippen molar-refractivity contribution in [2.24, 2.45) is 5.73 Å². The van der Waals surface area contributed by atoms with Crippen molar-refractivity contribution in [1.29, 1.82) is 0 Å². The SMILES string of the molecule is COCCOCCc1nc(C2(N)CC2)cs1. The predicted octanol–water partition coefficient (Wildman–Crippen LogP) is 1.30. The molecule has 0 aromatic carbocycles. The molecular weight excluding hydrogens is 224 g/mol. The van der Waals surface area contributed by atoms with Crippen LogP contribution in [0.15, 0.2) is 5.38 Å². The Bertz CT molecular complexity index is 336. The summed E-state index contributed by atoms with van der Waals surface area (Å²) in [4.78, 5) is 4.54. The molecule has 0 saturated heterocycles. The van der Waals surface area contributed by atoms with Gasteiger partial charge in [-0.05, 0) is 12.8 Å². The number of nitrogens with two attached hydrogens (primary N) is 1. The largest absolute Gasteiger partial charge is 0.382 e. The van der Waals surface area contributed by atoms with Gasteiger partial charge in [0.1, 0.15) is 0 Å². The van der Waals surface area contributed by atoms with E-state index in [1.165, 1.54) is 0 Å². The van der Waals surface area contributed by atoms with Crippen molar-refractivity contribution in [3.8, 4) is 0 Å². The van der Waals surface area contributed by atoms with E-state index < -0.39 is 0 Å². The van der Waals surface area contributed by atoms with Crippen LogP contribution in [0.1, 0.15) is 23.5 Å². The molecule has 0 atom stereocenters. The maximum Gasteiger partial charge on any atom is 0.0952 e. The highest BCUT2D eigenvalue weighted by Gasteiger charge is 2.42. The number of hydrogen-bond acceptors (Lipinski definition) is 5. The topological polar surface area (TPSA) is 57.4 Å². The van der Waals surface area contributed by atoms with Crippen molar-refractivity contribution >= 4 is 11.3 Å². The third-order valence-corrected chi connectivity index (χ3v) is 3.65. The van der Waals surface area contributed by atoms with Gasteiger partial charge in [-0.1, -0.05) is 0 Å². The average molecular weight is 242 g/mol. The maximum absolute atomic E-state index is 6.07. The second kappa shape index (κ2) is 5.23. The third kappa shape index (κ3) is 3.01. The fourth-order valence-electron chi connectivity index (χ4n) is 1.45. The maximum atomic E-state index is 6.07. The van der Waals surface area contributed by atoms with Gasteiger partial charge in [0.05, 0.1) is 36.1 Å². The minimum atomic E-state index is -0.105. The Morgan fingerprint density at radius 3 is 2.94 bits per heavy atom. The lowest BCUT2D eigenvalue weighted by Crippen LogP contribution is -2.19. The zero-order valence-electron chi connectivity index (χ0n) is 9.57. The second-order valence-electron chi connectivity index (χ2n) is 4.14. The summed E-state index contributed by atoms with van der Waals surface area (Å²) in [7, 11) is 1.67. The van der Waals surface area contributed by atoms with E-state index in [-0.39, 0.29) is 5.54 Å². The van der Waals surface area contributed by atoms with Crippen molar-refractivity contribution in [3.05, 3.63) is 16.1 Å². The van der Waals surface area contributed by atoms with Gasteiger partial charge in [0.2, 0.25) is 0 Å². The van der Waals surface area contributed by atoms with Crippen LogP contribution in [0.2, 0.25) is 0 Å². The van der Waals surface area contributed by atoms with E-state index in [1.807, 2.05) is 0 Å². The number of nitrogens with zero attached hydrogens (tertiary/aromatic N) is 1. The molecule has 0 radical (unpaired) electrons. The monoisotopic (exact) mass is 242 g/mol. The predicted molar refractivity (Wildman–Crippen MR) is 63.6 cm³/mol. The zero-order chi connectivity index (χ0) is 11.4. The molecule has 1 aliphatic carbocycles. The molecule has 2 N–H and O–H groups in total. The van der Waals surface area contributed by atoms with Crippen LogP contribution < -0.4 is 5.73 Å². The summed E-state index contributed by atoms with van der Waals surface area (Å²) in [5.41, 5.74) is 7.03. The first kappa shape index (κ1) is 12.0. The van der Waals surface area contributed by atoms with Crippen LogP contribution in [0.4, 0.5) is 0 Å². The smallest absolute Gasteiger partial charge is 0.0952 e.